The fourth-order valence-electron chi connectivity index (χ4n) is 1.58. The molecule has 1 nitrogen and oxygen atoms in total. The summed E-state index contributed by atoms with van der Waals surface area (Å²) in [6.07, 6.45) is 1.31. The molecule has 0 unspecified atom stereocenters. The standard InChI is InChI=1S/C12H15ClO/c1-3-12(2,9-11(13)14)10-7-5-4-6-8-10/h4-8H,3,9H2,1-2H3/t12-/m0/s1. The summed E-state index contributed by atoms with van der Waals surface area (Å²) in [6, 6.07) is 10.0. The summed E-state index contributed by atoms with van der Waals surface area (Å²) >= 11 is 5.45. The predicted octanol–water partition coefficient (Wildman–Crippen LogP) is 3.51. The highest BCUT2D eigenvalue weighted by Crippen LogP contribution is 2.31. The summed E-state index contributed by atoms with van der Waals surface area (Å²) < 4.78 is 0. The quantitative estimate of drug-likeness (QED) is 0.696. The Morgan fingerprint density at radius 2 is 1.93 bits per heavy atom. The molecule has 0 aliphatic heterocycles. The van der Waals surface area contributed by atoms with Crippen molar-refractivity contribution in [3.05, 3.63) is 35.9 Å². The van der Waals surface area contributed by atoms with E-state index in [2.05, 4.69) is 13.8 Å². The first kappa shape index (κ1) is 11.3. The first-order valence-corrected chi connectivity index (χ1v) is 5.20. The Bertz CT molecular complexity index is 307. The molecule has 1 atom stereocenters. The Morgan fingerprint density at radius 3 is 2.36 bits per heavy atom. The molecule has 1 aromatic rings. The van der Waals surface area contributed by atoms with E-state index >= 15 is 0 Å². The van der Waals surface area contributed by atoms with E-state index in [0.717, 1.165) is 6.42 Å². The van der Waals surface area contributed by atoms with Crippen LogP contribution in [0.5, 0.6) is 0 Å². The van der Waals surface area contributed by atoms with Crippen LogP contribution in [-0.4, -0.2) is 5.24 Å². The van der Waals surface area contributed by atoms with Crippen LogP contribution in [0.25, 0.3) is 0 Å². The summed E-state index contributed by atoms with van der Waals surface area (Å²) in [5.41, 5.74) is 1.05. The molecule has 2 heteroatoms. The Hall–Kier alpha value is -0.820. The minimum atomic E-state index is -0.266. The number of benzene rings is 1. The topological polar surface area (TPSA) is 17.1 Å². The minimum Gasteiger partial charge on any atom is -0.281 e. The molecule has 0 aliphatic rings. The summed E-state index contributed by atoms with van der Waals surface area (Å²) in [5.74, 6) is 0. The molecule has 0 fully saturated rings. The van der Waals surface area contributed by atoms with E-state index in [0.29, 0.717) is 6.42 Å². The number of hydrogen-bond donors (Lipinski definition) is 0. The third-order valence-corrected chi connectivity index (χ3v) is 2.91. The summed E-state index contributed by atoms with van der Waals surface area (Å²) in [4.78, 5) is 11.0. The van der Waals surface area contributed by atoms with Gasteiger partial charge >= 0.3 is 0 Å². The van der Waals surface area contributed by atoms with Gasteiger partial charge in [-0.15, -0.1) is 0 Å². The molecule has 1 aromatic carbocycles. The largest absolute Gasteiger partial charge is 0.281 e. The number of hydrogen-bond acceptors (Lipinski definition) is 1. The van der Waals surface area contributed by atoms with Crippen LogP contribution in [0.2, 0.25) is 0 Å². The second-order valence-corrected chi connectivity index (χ2v) is 4.23. The second kappa shape index (κ2) is 4.61. The van der Waals surface area contributed by atoms with Gasteiger partial charge in [-0.25, -0.2) is 0 Å². The number of rotatable bonds is 4. The first-order valence-electron chi connectivity index (χ1n) is 4.82. The highest BCUT2D eigenvalue weighted by Gasteiger charge is 2.26. The molecule has 0 saturated carbocycles. The maximum atomic E-state index is 11.0. The van der Waals surface area contributed by atoms with E-state index in [1.807, 2.05) is 30.3 Å². The van der Waals surface area contributed by atoms with Crippen LogP contribution in [0.4, 0.5) is 0 Å². The average Bonchev–Trinajstić information content (AvgIpc) is 2.18. The van der Waals surface area contributed by atoms with Crippen molar-refractivity contribution >= 4 is 16.8 Å². The van der Waals surface area contributed by atoms with E-state index in [-0.39, 0.29) is 10.7 Å². The minimum absolute atomic E-state index is 0.125. The van der Waals surface area contributed by atoms with Crippen molar-refractivity contribution in [1.82, 2.24) is 0 Å². The molecule has 0 bridgehead atoms. The second-order valence-electron chi connectivity index (χ2n) is 3.81. The molecule has 0 aliphatic carbocycles. The van der Waals surface area contributed by atoms with Crippen LogP contribution in [-0.2, 0) is 10.2 Å². The molecule has 0 radical (unpaired) electrons. The van der Waals surface area contributed by atoms with E-state index < -0.39 is 0 Å². The van der Waals surface area contributed by atoms with Gasteiger partial charge < -0.3 is 0 Å². The van der Waals surface area contributed by atoms with Crippen LogP contribution in [0.3, 0.4) is 0 Å². The fraction of sp³-hybridized carbons (Fsp3) is 0.417. The van der Waals surface area contributed by atoms with Crippen molar-refractivity contribution in [2.24, 2.45) is 0 Å². The lowest BCUT2D eigenvalue weighted by molar-refractivity contribution is -0.112. The molecule has 0 spiro atoms. The summed E-state index contributed by atoms with van der Waals surface area (Å²) in [6.45, 7) is 4.15. The van der Waals surface area contributed by atoms with Gasteiger partial charge in [-0.3, -0.25) is 4.79 Å². The van der Waals surface area contributed by atoms with Crippen LogP contribution in [0, 0.1) is 0 Å². The molecule has 14 heavy (non-hydrogen) atoms. The van der Waals surface area contributed by atoms with E-state index in [1.54, 1.807) is 0 Å². The molecule has 0 saturated heterocycles. The summed E-state index contributed by atoms with van der Waals surface area (Å²) in [5, 5.41) is -0.266. The van der Waals surface area contributed by atoms with Gasteiger partial charge in [0.1, 0.15) is 0 Å². The monoisotopic (exact) mass is 210 g/mol. The van der Waals surface area contributed by atoms with Crippen molar-refractivity contribution in [3.63, 3.8) is 0 Å². The Kier molecular flexibility index (Phi) is 3.70. The van der Waals surface area contributed by atoms with Crippen molar-refractivity contribution in [3.8, 4) is 0 Å². The van der Waals surface area contributed by atoms with Crippen LogP contribution in [0.1, 0.15) is 32.3 Å². The number of carbonyl (C=O) groups is 1. The highest BCUT2D eigenvalue weighted by atomic mass is 35.5. The van der Waals surface area contributed by atoms with Gasteiger partial charge in [-0.05, 0) is 23.6 Å². The molecule has 0 amide bonds. The molecule has 1 rings (SSSR count). The van der Waals surface area contributed by atoms with Crippen LogP contribution >= 0.6 is 11.6 Å². The van der Waals surface area contributed by atoms with Gasteiger partial charge in [-0.1, -0.05) is 44.2 Å². The van der Waals surface area contributed by atoms with Crippen LogP contribution in [0.15, 0.2) is 30.3 Å². The van der Waals surface area contributed by atoms with Gasteiger partial charge in [0.05, 0.1) is 0 Å². The zero-order chi connectivity index (χ0) is 10.6. The molecular formula is C12H15ClO. The van der Waals surface area contributed by atoms with Gasteiger partial charge in [0.15, 0.2) is 0 Å². The van der Waals surface area contributed by atoms with Crippen molar-refractivity contribution in [2.75, 3.05) is 0 Å². The Labute approximate surface area is 90.1 Å². The van der Waals surface area contributed by atoms with Crippen molar-refractivity contribution in [1.29, 1.82) is 0 Å². The SMILES string of the molecule is CC[C@@](C)(CC(=O)Cl)c1ccccc1. The van der Waals surface area contributed by atoms with Gasteiger partial charge in [0.25, 0.3) is 0 Å². The molecule has 0 aromatic heterocycles. The van der Waals surface area contributed by atoms with E-state index in [1.165, 1.54) is 5.56 Å². The molecular weight excluding hydrogens is 196 g/mol. The van der Waals surface area contributed by atoms with Gasteiger partial charge in [0, 0.05) is 11.8 Å². The lowest BCUT2D eigenvalue weighted by Crippen LogP contribution is -2.23. The average molecular weight is 211 g/mol. The maximum Gasteiger partial charge on any atom is 0.222 e. The highest BCUT2D eigenvalue weighted by molar-refractivity contribution is 6.63. The van der Waals surface area contributed by atoms with Crippen LogP contribution < -0.4 is 0 Å². The Balaban J connectivity index is 2.95. The van der Waals surface area contributed by atoms with Gasteiger partial charge in [-0.2, -0.15) is 0 Å². The third kappa shape index (κ3) is 2.58. The molecule has 76 valence electrons. The van der Waals surface area contributed by atoms with Gasteiger partial charge in [0.2, 0.25) is 5.24 Å². The first-order chi connectivity index (χ1) is 6.58. The molecule has 0 N–H and O–H groups in total. The number of halogens is 1. The third-order valence-electron chi connectivity index (χ3n) is 2.78. The van der Waals surface area contributed by atoms with E-state index in [9.17, 15) is 4.79 Å². The normalized spacial score (nSPS) is 14.8. The zero-order valence-electron chi connectivity index (χ0n) is 8.59. The lowest BCUT2D eigenvalue weighted by Gasteiger charge is -2.27. The Morgan fingerprint density at radius 1 is 1.36 bits per heavy atom. The molecule has 0 heterocycles. The smallest absolute Gasteiger partial charge is 0.222 e. The van der Waals surface area contributed by atoms with E-state index in [4.69, 9.17) is 11.6 Å². The fourth-order valence-corrected chi connectivity index (χ4v) is 1.87. The predicted molar refractivity (Wildman–Crippen MR) is 59.6 cm³/mol. The van der Waals surface area contributed by atoms with Crippen molar-refractivity contribution in [2.45, 2.75) is 32.1 Å². The zero-order valence-corrected chi connectivity index (χ0v) is 9.34. The van der Waals surface area contributed by atoms with Crippen molar-refractivity contribution < 1.29 is 4.79 Å². The number of carbonyl (C=O) groups excluding carboxylic acids is 1. The summed E-state index contributed by atoms with van der Waals surface area (Å²) in [7, 11) is 0. The lowest BCUT2D eigenvalue weighted by atomic mass is 9.78. The maximum absolute atomic E-state index is 11.0.